The van der Waals surface area contributed by atoms with Crippen molar-refractivity contribution in [1.82, 2.24) is 9.78 Å². The summed E-state index contributed by atoms with van der Waals surface area (Å²) in [7, 11) is 0. The zero-order chi connectivity index (χ0) is 22.0. The van der Waals surface area contributed by atoms with E-state index >= 15 is 0 Å². The summed E-state index contributed by atoms with van der Waals surface area (Å²) in [5.41, 5.74) is 1.46. The molecule has 0 fully saturated rings. The number of amides is 2. The summed E-state index contributed by atoms with van der Waals surface area (Å²) in [6, 6.07) is 14.4. The standard InChI is InChI=1S/C22H20Cl2N4O3/c1-14-22(30)27(17-7-2-3-8-18(17)31-14)12-10-20(29)26-19-9-11-25-28(19)13-15-5-4-6-16(23)21(15)24/h2-9,11,14H,10,12-13H2,1H3,(H,26,29). The molecule has 1 atom stereocenters. The van der Waals surface area contributed by atoms with Crippen LogP contribution in [0.2, 0.25) is 10.0 Å². The fourth-order valence-electron chi connectivity index (χ4n) is 3.40. The van der Waals surface area contributed by atoms with Crippen LogP contribution in [0.1, 0.15) is 18.9 Å². The van der Waals surface area contributed by atoms with Gasteiger partial charge in [-0.3, -0.25) is 9.59 Å². The summed E-state index contributed by atoms with van der Waals surface area (Å²) in [4.78, 5) is 26.8. The van der Waals surface area contributed by atoms with Crippen molar-refractivity contribution in [2.24, 2.45) is 0 Å². The molecule has 0 aliphatic carbocycles. The molecule has 7 nitrogen and oxygen atoms in total. The van der Waals surface area contributed by atoms with Gasteiger partial charge in [-0.1, -0.05) is 47.5 Å². The molecule has 0 saturated carbocycles. The lowest BCUT2D eigenvalue weighted by Gasteiger charge is -2.32. The number of ether oxygens (including phenoxy) is 1. The molecule has 3 aromatic rings. The molecule has 4 rings (SSSR count). The van der Waals surface area contributed by atoms with E-state index in [2.05, 4.69) is 10.4 Å². The van der Waals surface area contributed by atoms with Gasteiger partial charge in [-0.05, 0) is 30.7 Å². The van der Waals surface area contributed by atoms with Gasteiger partial charge in [0.15, 0.2) is 6.10 Å². The van der Waals surface area contributed by atoms with Crippen LogP contribution in [0.3, 0.4) is 0 Å². The minimum Gasteiger partial charge on any atom is -0.479 e. The van der Waals surface area contributed by atoms with E-state index in [0.29, 0.717) is 33.8 Å². The molecular formula is C22H20Cl2N4O3. The highest BCUT2D eigenvalue weighted by Gasteiger charge is 2.31. The van der Waals surface area contributed by atoms with Gasteiger partial charge in [0.05, 0.1) is 28.5 Å². The van der Waals surface area contributed by atoms with Crippen molar-refractivity contribution in [1.29, 1.82) is 0 Å². The van der Waals surface area contributed by atoms with Gasteiger partial charge in [0.2, 0.25) is 5.91 Å². The number of nitrogens with zero attached hydrogens (tertiary/aromatic N) is 3. The van der Waals surface area contributed by atoms with E-state index in [1.54, 1.807) is 40.9 Å². The molecule has 9 heteroatoms. The van der Waals surface area contributed by atoms with Crippen molar-refractivity contribution < 1.29 is 14.3 Å². The van der Waals surface area contributed by atoms with Gasteiger partial charge in [0.25, 0.3) is 5.91 Å². The normalized spacial score (nSPS) is 15.4. The van der Waals surface area contributed by atoms with Crippen LogP contribution >= 0.6 is 23.2 Å². The summed E-state index contributed by atoms with van der Waals surface area (Å²) in [6.45, 7) is 2.29. The van der Waals surface area contributed by atoms with E-state index in [1.807, 2.05) is 30.3 Å². The zero-order valence-electron chi connectivity index (χ0n) is 16.7. The number of hydrogen-bond donors (Lipinski definition) is 1. The van der Waals surface area contributed by atoms with Crippen molar-refractivity contribution in [3.8, 4) is 5.75 Å². The number of rotatable bonds is 6. The number of carbonyl (C=O) groups is 2. The molecule has 1 aliphatic heterocycles. The van der Waals surface area contributed by atoms with E-state index < -0.39 is 6.10 Å². The Morgan fingerprint density at radius 2 is 1.97 bits per heavy atom. The molecule has 31 heavy (non-hydrogen) atoms. The summed E-state index contributed by atoms with van der Waals surface area (Å²) < 4.78 is 7.26. The zero-order valence-corrected chi connectivity index (χ0v) is 18.2. The van der Waals surface area contributed by atoms with Crippen LogP contribution in [0.25, 0.3) is 0 Å². The first-order chi connectivity index (χ1) is 14.9. The van der Waals surface area contributed by atoms with E-state index in [1.165, 1.54) is 0 Å². The third-order valence-corrected chi connectivity index (χ3v) is 5.83. The predicted octanol–water partition coefficient (Wildman–Crippen LogP) is 4.38. The Morgan fingerprint density at radius 3 is 2.81 bits per heavy atom. The monoisotopic (exact) mass is 458 g/mol. The first-order valence-corrected chi connectivity index (χ1v) is 10.5. The fraction of sp³-hybridized carbons (Fsp3) is 0.227. The highest BCUT2D eigenvalue weighted by molar-refractivity contribution is 6.42. The second-order valence-electron chi connectivity index (χ2n) is 7.10. The number of aromatic nitrogens is 2. The van der Waals surface area contributed by atoms with E-state index in [0.717, 1.165) is 5.56 Å². The Morgan fingerprint density at radius 1 is 1.16 bits per heavy atom. The molecule has 2 amide bonds. The highest BCUT2D eigenvalue weighted by Crippen LogP contribution is 2.33. The SMILES string of the molecule is CC1Oc2ccccc2N(CCC(=O)Nc2ccnn2Cc2cccc(Cl)c2Cl)C1=O. The van der Waals surface area contributed by atoms with Crippen LogP contribution in [0.4, 0.5) is 11.5 Å². The summed E-state index contributed by atoms with van der Waals surface area (Å²) in [6.07, 6.45) is 1.12. The molecule has 1 aromatic heterocycles. The van der Waals surface area contributed by atoms with E-state index in [4.69, 9.17) is 27.9 Å². The first kappa shape index (κ1) is 21.2. The third-order valence-electron chi connectivity index (χ3n) is 4.97. The molecule has 0 saturated heterocycles. The van der Waals surface area contributed by atoms with Crippen LogP contribution in [-0.2, 0) is 16.1 Å². The Bertz CT molecular complexity index is 1130. The lowest BCUT2D eigenvalue weighted by molar-refractivity contribution is -0.125. The summed E-state index contributed by atoms with van der Waals surface area (Å²) >= 11 is 12.3. The Labute approximate surface area is 189 Å². The molecule has 1 aliphatic rings. The minimum absolute atomic E-state index is 0.121. The molecule has 1 N–H and O–H groups in total. The van der Waals surface area contributed by atoms with Crippen LogP contribution in [0, 0.1) is 0 Å². The van der Waals surface area contributed by atoms with Crippen molar-refractivity contribution in [2.75, 3.05) is 16.8 Å². The van der Waals surface area contributed by atoms with Crippen LogP contribution < -0.4 is 15.0 Å². The molecule has 0 bridgehead atoms. The number of carbonyl (C=O) groups excluding carboxylic acids is 2. The van der Waals surface area contributed by atoms with Crippen molar-refractivity contribution >= 4 is 46.5 Å². The number of fused-ring (bicyclic) bond motifs is 1. The van der Waals surface area contributed by atoms with Gasteiger partial charge in [-0.15, -0.1) is 0 Å². The molecule has 2 heterocycles. The number of halogens is 2. The topological polar surface area (TPSA) is 76.5 Å². The van der Waals surface area contributed by atoms with Gasteiger partial charge >= 0.3 is 0 Å². The highest BCUT2D eigenvalue weighted by atomic mass is 35.5. The van der Waals surface area contributed by atoms with Gasteiger partial charge < -0.3 is 15.0 Å². The van der Waals surface area contributed by atoms with Gasteiger partial charge in [0.1, 0.15) is 11.6 Å². The third kappa shape index (κ3) is 4.52. The average molecular weight is 459 g/mol. The molecular weight excluding hydrogens is 439 g/mol. The number of benzene rings is 2. The summed E-state index contributed by atoms with van der Waals surface area (Å²) in [5.74, 6) is 0.755. The molecule has 2 aromatic carbocycles. The summed E-state index contributed by atoms with van der Waals surface area (Å²) in [5, 5.41) is 8.02. The largest absolute Gasteiger partial charge is 0.479 e. The molecule has 1 unspecified atom stereocenters. The van der Waals surface area contributed by atoms with E-state index in [-0.39, 0.29) is 24.8 Å². The second kappa shape index (κ2) is 8.99. The first-order valence-electron chi connectivity index (χ1n) is 9.75. The Balaban J connectivity index is 1.42. The Hall–Kier alpha value is -3.03. The van der Waals surface area contributed by atoms with Gasteiger partial charge in [-0.25, -0.2) is 4.68 Å². The van der Waals surface area contributed by atoms with E-state index in [9.17, 15) is 9.59 Å². The lowest BCUT2D eigenvalue weighted by Crippen LogP contribution is -2.45. The number of anilines is 2. The minimum atomic E-state index is -0.596. The van der Waals surface area contributed by atoms with Crippen molar-refractivity contribution in [3.63, 3.8) is 0 Å². The van der Waals surface area contributed by atoms with Gasteiger partial charge in [0, 0.05) is 19.0 Å². The number of nitrogens with one attached hydrogen (secondary N) is 1. The number of para-hydroxylation sites is 2. The molecule has 0 spiro atoms. The average Bonchev–Trinajstić information content (AvgIpc) is 3.18. The van der Waals surface area contributed by atoms with Crippen LogP contribution in [0.5, 0.6) is 5.75 Å². The van der Waals surface area contributed by atoms with Crippen molar-refractivity contribution in [3.05, 3.63) is 70.3 Å². The Kier molecular flexibility index (Phi) is 6.15. The maximum absolute atomic E-state index is 12.6. The number of hydrogen-bond acceptors (Lipinski definition) is 4. The molecule has 160 valence electrons. The quantitative estimate of drug-likeness (QED) is 0.594. The second-order valence-corrected chi connectivity index (χ2v) is 7.89. The van der Waals surface area contributed by atoms with Crippen LogP contribution in [-0.4, -0.2) is 34.2 Å². The molecule has 0 radical (unpaired) electrons. The smallest absolute Gasteiger partial charge is 0.267 e. The maximum atomic E-state index is 12.6. The fourth-order valence-corrected chi connectivity index (χ4v) is 3.78. The predicted molar refractivity (Wildman–Crippen MR) is 120 cm³/mol. The van der Waals surface area contributed by atoms with Gasteiger partial charge in [-0.2, -0.15) is 5.10 Å². The lowest BCUT2D eigenvalue weighted by atomic mass is 10.1. The van der Waals surface area contributed by atoms with Crippen molar-refractivity contribution in [2.45, 2.75) is 26.0 Å². The maximum Gasteiger partial charge on any atom is 0.267 e. The van der Waals surface area contributed by atoms with Crippen LogP contribution in [0.15, 0.2) is 54.7 Å².